The Morgan fingerprint density at radius 3 is 1.68 bits per heavy atom. The van der Waals surface area contributed by atoms with E-state index in [0.29, 0.717) is 6.42 Å². The van der Waals surface area contributed by atoms with Gasteiger partial charge in [-0.1, -0.05) is 116 Å². The van der Waals surface area contributed by atoms with E-state index in [1.807, 2.05) is 0 Å². The van der Waals surface area contributed by atoms with Crippen LogP contribution in [-0.4, -0.2) is 23.8 Å². The zero-order valence-corrected chi connectivity index (χ0v) is 21.1. The zero-order chi connectivity index (χ0) is 22.8. The van der Waals surface area contributed by atoms with Crippen LogP contribution < -0.4 is 0 Å². The lowest BCUT2D eigenvalue weighted by atomic mass is 10.1. The Bertz CT molecular complexity index is 392. The van der Waals surface area contributed by atoms with Gasteiger partial charge < -0.3 is 9.84 Å². The lowest BCUT2D eigenvalue weighted by Crippen LogP contribution is -2.18. The summed E-state index contributed by atoms with van der Waals surface area (Å²) < 4.78 is 5.22. The van der Waals surface area contributed by atoms with E-state index in [2.05, 4.69) is 26.0 Å². The first-order valence-electron chi connectivity index (χ1n) is 13.7. The molecule has 0 fully saturated rings. The highest BCUT2D eigenvalue weighted by Gasteiger charge is 2.08. The smallest absolute Gasteiger partial charge is 0.305 e. The number of hydrogen-bond donors (Lipinski definition) is 1. The highest BCUT2D eigenvalue weighted by atomic mass is 16.5. The number of ether oxygens (including phenoxy) is 1. The molecule has 0 aliphatic heterocycles. The molecule has 0 aromatic carbocycles. The molecule has 184 valence electrons. The molecule has 0 bridgehead atoms. The van der Waals surface area contributed by atoms with Crippen molar-refractivity contribution in [1.82, 2.24) is 0 Å². The first kappa shape index (κ1) is 30.2. The Hall–Kier alpha value is -0.830. The van der Waals surface area contributed by atoms with E-state index >= 15 is 0 Å². The Morgan fingerprint density at radius 1 is 0.677 bits per heavy atom. The molecule has 0 aromatic heterocycles. The minimum atomic E-state index is -0.496. The molecular formula is C28H54O3. The molecule has 1 atom stereocenters. The van der Waals surface area contributed by atoms with Gasteiger partial charge in [0.05, 0.1) is 6.10 Å². The van der Waals surface area contributed by atoms with Crippen LogP contribution >= 0.6 is 0 Å². The molecule has 0 saturated carbocycles. The summed E-state index contributed by atoms with van der Waals surface area (Å²) in [5, 5.41) is 9.92. The summed E-state index contributed by atoms with van der Waals surface area (Å²) in [6.45, 7) is 4.65. The Kier molecular flexibility index (Phi) is 24.7. The van der Waals surface area contributed by atoms with E-state index in [-0.39, 0.29) is 12.6 Å². The number of hydrogen-bond acceptors (Lipinski definition) is 3. The average Bonchev–Trinajstić information content (AvgIpc) is 2.77. The van der Waals surface area contributed by atoms with E-state index < -0.39 is 6.10 Å². The van der Waals surface area contributed by atoms with Crippen molar-refractivity contribution in [3.05, 3.63) is 12.2 Å². The molecule has 0 aliphatic carbocycles. The number of unbranched alkanes of at least 4 members (excludes halogenated alkanes) is 16. The minimum Gasteiger partial charge on any atom is -0.463 e. The standard InChI is InChI=1S/C28H54O3/c1-3-5-7-9-11-12-13-14-15-16-17-18-19-21-23-25-28(30)31-26-27(29)24-22-20-10-8-6-4-2/h14-15,27,29H,3-13,16-26H2,1-2H3. The largest absolute Gasteiger partial charge is 0.463 e. The van der Waals surface area contributed by atoms with Gasteiger partial charge in [0, 0.05) is 6.42 Å². The molecule has 0 radical (unpaired) electrons. The van der Waals surface area contributed by atoms with Gasteiger partial charge in [-0.05, 0) is 38.5 Å². The van der Waals surface area contributed by atoms with Crippen LogP contribution in [-0.2, 0) is 9.53 Å². The van der Waals surface area contributed by atoms with Crippen LogP contribution in [0.5, 0.6) is 0 Å². The van der Waals surface area contributed by atoms with Gasteiger partial charge in [0.25, 0.3) is 0 Å². The lowest BCUT2D eigenvalue weighted by molar-refractivity contribution is -0.146. The van der Waals surface area contributed by atoms with Crippen LogP contribution in [0.1, 0.15) is 149 Å². The molecule has 0 saturated heterocycles. The Balaban J connectivity index is 3.32. The quantitative estimate of drug-likeness (QED) is 0.0931. The average molecular weight is 439 g/mol. The summed E-state index contributed by atoms with van der Waals surface area (Å²) in [5.74, 6) is -0.153. The number of aliphatic hydroxyl groups excluding tert-OH is 1. The number of allylic oxidation sites excluding steroid dienone is 2. The topological polar surface area (TPSA) is 46.5 Å². The van der Waals surface area contributed by atoms with E-state index in [4.69, 9.17) is 4.74 Å². The molecule has 3 nitrogen and oxygen atoms in total. The third kappa shape index (κ3) is 25.3. The molecule has 0 amide bonds. The first-order valence-corrected chi connectivity index (χ1v) is 13.7. The third-order valence-electron chi connectivity index (χ3n) is 5.97. The van der Waals surface area contributed by atoms with E-state index in [9.17, 15) is 9.90 Å². The van der Waals surface area contributed by atoms with Crippen LogP contribution in [0.25, 0.3) is 0 Å². The number of carbonyl (C=O) groups is 1. The van der Waals surface area contributed by atoms with Crippen LogP contribution in [0.2, 0.25) is 0 Å². The molecule has 0 aliphatic rings. The fraction of sp³-hybridized carbons (Fsp3) is 0.893. The second-order valence-corrected chi connectivity index (χ2v) is 9.23. The van der Waals surface area contributed by atoms with Crippen LogP contribution in [0.4, 0.5) is 0 Å². The van der Waals surface area contributed by atoms with Gasteiger partial charge >= 0.3 is 5.97 Å². The molecule has 0 spiro atoms. The maximum atomic E-state index is 11.8. The first-order chi connectivity index (χ1) is 15.2. The molecule has 31 heavy (non-hydrogen) atoms. The predicted octanol–water partition coefficient (Wildman–Crippen LogP) is 8.68. The number of carbonyl (C=O) groups excluding carboxylic acids is 1. The van der Waals surface area contributed by atoms with E-state index in [1.54, 1.807) is 0 Å². The van der Waals surface area contributed by atoms with Crippen LogP contribution in [0.15, 0.2) is 12.2 Å². The summed E-state index contributed by atoms with van der Waals surface area (Å²) in [5.41, 5.74) is 0. The van der Waals surface area contributed by atoms with Crippen molar-refractivity contribution in [2.24, 2.45) is 0 Å². The maximum Gasteiger partial charge on any atom is 0.305 e. The zero-order valence-electron chi connectivity index (χ0n) is 21.1. The van der Waals surface area contributed by atoms with Crippen molar-refractivity contribution in [3.8, 4) is 0 Å². The monoisotopic (exact) mass is 438 g/mol. The van der Waals surface area contributed by atoms with Crippen molar-refractivity contribution >= 4 is 5.97 Å². The maximum absolute atomic E-state index is 11.8. The van der Waals surface area contributed by atoms with E-state index in [0.717, 1.165) is 25.7 Å². The van der Waals surface area contributed by atoms with Crippen molar-refractivity contribution in [1.29, 1.82) is 0 Å². The lowest BCUT2D eigenvalue weighted by Gasteiger charge is -2.11. The van der Waals surface area contributed by atoms with Crippen molar-refractivity contribution in [3.63, 3.8) is 0 Å². The van der Waals surface area contributed by atoms with Gasteiger partial charge in [-0.25, -0.2) is 0 Å². The van der Waals surface area contributed by atoms with Gasteiger partial charge in [0.1, 0.15) is 6.61 Å². The summed E-state index contributed by atoms with van der Waals surface area (Å²) in [6, 6.07) is 0. The minimum absolute atomic E-state index is 0.153. The SMILES string of the molecule is CCCCCCCCC=CCCCCCCCC(=O)OCC(O)CCCCCCCC. The van der Waals surface area contributed by atoms with Crippen molar-refractivity contribution < 1.29 is 14.6 Å². The normalized spacial score (nSPS) is 12.5. The van der Waals surface area contributed by atoms with Crippen LogP contribution in [0, 0.1) is 0 Å². The number of esters is 1. The Morgan fingerprint density at radius 2 is 1.13 bits per heavy atom. The second-order valence-electron chi connectivity index (χ2n) is 9.23. The second kappa shape index (κ2) is 25.4. The van der Waals surface area contributed by atoms with E-state index in [1.165, 1.54) is 103 Å². The third-order valence-corrected chi connectivity index (χ3v) is 5.97. The molecular weight excluding hydrogens is 384 g/mol. The molecule has 0 heterocycles. The van der Waals surface area contributed by atoms with Gasteiger partial charge in [0.2, 0.25) is 0 Å². The highest BCUT2D eigenvalue weighted by molar-refractivity contribution is 5.69. The molecule has 0 rings (SSSR count). The summed E-state index contributed by atoms with van der Waals surface area (Å²) in [4.78, 5) is 11.8. The number of aliphatic hydroxyl groups is 1. The van der Waals surface area contributed by atoms with Gasteiger partial charge in [-0.15, -0.1) is 0 Å². The summed E-state index contributed by atoms with van der Waals surface area (Å²) >= 11 is 0. The predicted molar refractivity (Wildman–Crippen MR) is 134 cm³/mol. The van der Waals surface area contributed by atoms with Crippen molar-refractivity contribution in [2.45, 2.75) is 155 Å². The van der Waals surface area contributed by atoms with Gasteiger partial charge in [-0.3, -0.25) is 4.79 Å². The fourth-order valence-corrected chi connectivity index (χ4v) is 3.85. The summed E-state index contributed by atoms with van der Waals surface area (Å²) in [6.07, 6.45) is 29.1. The molecule has 1 unspecified atom stereocenters. The molecule has 3 heteroatoms. The van der Waals surface area contributed by atoms with Gasteiger partial charge in [0.15, 0.2) is 0 Å². The molecule has 0 aromatic rings. The highest BCUT2D eigenvalue weighted by Crippen LogP contribution is 2.11. The summed E-state index contributed by atoms with van der Waals surface area (Å²) in [7, 11) is 0. The number of rotatable bonds is 24. The molecule has 1 N–H and O–H groups in total. The van der Waals surface area contributed by atoms with Crippen molar-refractivity contribution in [2.75, 3.05) is 6.61 Å². The van der Waals surface area contributed by atoms with Crippen LogP contribution in [0.3, 0.4) is 0 Å². The van der Waals surface area contributed by atoms with Gasteiger partial charge in [-0.2, -0.15) is 0 Å². The fourth-order valence-electron chi connectivity index (χ4n) is 3.85. The Labute approximate surface area is 194 Å².